The Morgan fingerprint density at radius 3 is 1.65 bits per heavy atom. The Kier molecular flexibility index (Phi) is 15.5. The Balaban J connectivity index is 0. The molecule has 106 valence electrons. The molecule has 0 radical (unpaired) electrons. The van der Waals surface area contributed by atoms with Gasteiger partial charge in [-0.2, -0.15) is 0 Å². The van der Waals surface area contributed by atoms with Crippen LogP contribution in [0.4, 0.5) is 0 Å². The number of hydrogen-bond donors (Lipinski definition) is 4. The van der Waals surface area contributed by atoms with Gasteiger partial charge in [-0.15, -0.1) is 0 Å². The second-order valence-electron chi connectivity index (χ2n) is 3.77. The van der Waals surface area contributed by atoms with Crippen LogP contribution in [0, 0.1) is 0 Å². The second kappa shape index (κ2) is 13.8. The standard InChI is InChI=1S/C9H20O4.C2H6O2/c1-7(11)5-12-9(3)6-13-8(2)4-10;3-1-2-4/h7-11H,4-6H2,1-3H3;3-4H,1-2H2. The summed E-state index contributed by atoms with van der Waals surface area (Å²) in [5.74, 6) is 0. The third-order valence-electron chi connectivity index (χ3n) is 1.59. The van der Waals surface area contributed by atoms with Gasteiger partial charge in [0.05, 0.1) is 51.3 Å². The molecule has 17 heavy (non-hydrogen) atoms. The normalized spacial score (nSPS) is 15.7. The number of aliphatic hydroxyl groups is 4. The first-order valence-corrected chi connectivity index (χ1v) is 5.71. The summed E-state index contributed by atoms with van der Waals surface area (Å²) < 4.78 is 10.5. The van der Waals surface area contributed by atoms with Crippen molar-refractivity contribution in [1.29, 1.82) is 0 Å². The highest BCUT2D eigenvalue weighted by Gasteiger charge is 2.06. The van der Waals surface area contributed by atoms with Gasteiger partial charge in [0.15, 0.2) is 0 Å². The number of ether oxygens (including phenoxy) is 2. The van der Waals surface area contributed by atoms with Crippen LogP contribution >= 0.6 is 0 Å². The SMILES string of the molecule is CC(O)COC(C)COC(C)CO.OCCO. The van der Waals surface area contributed by atoms with Crippen LogP contribution in [0.25, 0.3) is 0 Å². The number of rotatable bonds is 8. The molecular weight excluding hydrogens is 228 g/mol. The van der Waals surface area contributed by atoms with Crippen molar-refractivity contribution < 1.29 is 29.9 Å². The van der Waals surface area contributed by atoms with Crippen molar-refractivity contribution in [3.8, 4) is 0 Å². The summed E-state index contributed by atoms with van der Waals surface area (Å²) in [4.78, 5) is 0. The van der Waals surface area contributed by atoms with Crippen LogP contribution in [0.1, 0.15) is 20.8 Å². The van der Waals surface area contributed by atoms with E-state index in [1.54, 1.807) is 13.8 Å². The monoisotopic (exact) mass is 254 g/mol. The maximum Gasteiger partial charge on any atom is 0.0781 e. The van der Waals surface area contributed by atoms with Crippen molar-refractivity contribution >= 4 is 0 Å². The van der Waals surface area contributed by atoms with Crippen LogP contribution in [0.5, 0.6) is 0 Å². The molecule has 4 N–H and O–H groups in total. The molecule has 0 aromatic heterocycles. The van der Waals surface area contributed by atoms with Crippen LogP contribution in [0.3, 0.4) is 0 Å². The van der Waals surface area contributed by atoms with Crippen molar-refractivity contribution in [3.05, 3.63) is 0 Å². The van der Waals surface area contributed by atoms with Gasteiger partial charge in [0.25, 0.3) is 0 Å². The maximum absolute atomic E-state index is 8.92. The van der Waals surface area contributed by atoms with Crippen molar-refractivity contribution in [2.45, 2.75) is 39.1 Å². The molecule has 0 rings (SSSR count). The number of hydrogen-bond acceptors (Lipinski definition) is 6. The lowest BCUT2D eigenvalue weighted by Gasteiger charge is -2.16. The third-order valence-corrected chi connectivity index (χ3v) is 1.59. The van der Waals surface area contributed by atoms with E-state index in [-0.39, 0.29) is 32.0 Å². The lowest BCUT2D eigenvalue weighted by atomic mass is 10.4. The Bertz CT molecular complexity index is 140. The molecule has 0 aliphatic heterocycles. The minimum atomic E-state index is -0.447. The van der Waals surface area contributed by atoms with Gasteiger partial charge < -0.3 is 29.9 Å². The molecule has 0 saturated heterocycles. The van der Waals surface area contributed by atoms with E-state index in [4.69, 9.17) is 29.9 Å². The van der Waals surface area contributed by atoms with Gasteiger partial charge in [-0.1, -0.05) is 0 Å². The Morgan fingerprint density at radius 1 is 0.824 bits per heavy atom. The van der Waals surface area contributed by atoms with Crippen molar-refractivity contribution in [3.63, 3.8) is 0 Å². The van der Waals surface area contributed by atoms with E-state index < -0.39 is 6.10 Å². The highest BCUT2D eigenvalue weighted by molar-refractivity contribution is 4.52. The lowest BCUT2D eigenvalue weighted by Crippen LogP contribution is -2.24. The summed E-state index contributed by atoms with van der Waals surface area (Å²) in [6.07, 6.45) is -0.654. The summed E-state index contributed by atoms with van der Waals surface area (Å²) in [7, 11) is 0. The molecule has 0 heterocycles. The van der Waals surface area contributed by atoms with Gasteiger partial charge >= 0.3 is 0 Å². The minimum absolute atomic E-state index is 0.0170. The average Bonchev–Trinajstić information content (AvgIpc) is 2.33. The molecule has 6 heteroatoms. The first-order valence-electron chi connectivity index (χ1n) is 5.71. The molecule has 3 unspecified atom stereocenters. The molecule has 0 saturated carbocycles. The van der Waals surface area contributed by atoms with Crippen LogP contribution < -0.4 is 0 Å². The number of aliphatic hydroxyl groups excluding tert-OH is 4. The molecule has 0 aromatic carbocycles. The molecule has 0 bridgehead atoms. The van der Waals surface area contributed by atoms with E-state index in [1.165, 1.54) is 0 Å². The fourth-order valence-electron chi connectivity index (χ4n) is 0.704. The van der Waals surface area contributed by atoms with Gasteiger partial charge in [0.1, 0.15) is 0 Å². The van der Waals surface area contributed by atoms with Gasteiger partial charge in [-0.05, 0) is 20.8 Å². The van der Waals surface area contributed by atoms with Crippen molar-refractivity contribution in [2.75, 3.05) is 33.0 Å². The van der Waals surface area contributed by atoms with Crippen LogP contribution in [0.15, 0.2) is 0 Å². The smallest absolute Gasteiger partial charge is 0.0781 e. The first-order chi connectivity index (χ1) is 7.97. The van der Waals surface area contributed by atoms with Crippen molar-refractivity contribution in [1.82, 2.24) is 0 Å². The molecule has 0 aliphatic carbocycles. The molecule has 6 nitrogen and oxygen atoms in total. The summed E-state index contributed by atoms with van der Waals surface area (Å²) >= 11 is 0. The Hall–Kier alpha value is -0.240. The Morgan fingerprint density at radius 2 is 1.29 bits per heavy atom. The highest BCUT2D eigenvalue weighted by atomic mass is 16.5. The van der Waals surface area contributed by atoms with Gasteiger partial charge in [-0.3, -0.25) is 0 Å². The minimum Gasteiger partial charge on any atom is -0.394 e. The molecule has 0 aliphatic rings. The lowest BCUT2D eigenvalue weighted by molar-refractivity contribution is -0.0620. The molecule has 0 aromatic rings. The first kappa shape index (κ1) is 19.1. The highest BCUT2D eigenvalue weighted by Crippen LogP contribution is 1.97. The maximum atomic E-state index is 8.92. The van der Waals surface area contributed by atoms with Crippen LogP contribution in [0.2, 0.25) is 0 Å². The van der Waals surface area contributed by atoms with Crippen molar-refractivity contribution in [2.24, 2.45) is 0 Å². The van der Waals surface area contributed by atoms with E-state index in [1.807, 2.05) is 6.92 Å². The average molecular weight is 254 g/mol. The zero-order valence-electron chi connectivity index (χ0n) is 10.9. The molecule has 3 atom stereocenters. The zero-order chi connectivity index (χ0) is 13.7. The fraction of sp³-hybridized carbons (Fsp3) is 1.00. The van der Waals surface area contributed by atoms with E-state index in [0.717, 1.165) is 0 Å². The van der Waals surface area contributed by atoms with Crippen LogP contribution in [-0.4, -0.2) is 71.8 Å². The largest absolute Gasteiger partial charge is 0.394 e. The van der Waals surface area contributed by atoms with E-state index in [9.17, 15) is 0 Å². The topological polar surface area (TPSA) is 99.4 Å². The summed E-state index contributed by atoms with van der Waals surface area (Å²) in [5, 5.41) is 32.8. The predicted molar refractivity (Wildman–Crippen MR) is 63.8 cm³/mol. The second-order valence-corrected chi connectivity index (χ2v) is 3.77. The van der Waals surface area contributed by atoms with Gasteiger partial charge in [0, 0.05) is 0 Å². The molecule has 0 fully saturated rings. The quantitative estimate of drug-likeness (QED) is 0.450. The summed E-state index contributed by atoms with van der Waals surface area (Å²) in [5.41, 5.74) is 0. The third kappa shape index (κ3) is 18.3. The zero-order valence-corrected chi connectivity index (χ0v) is 10.9. The van der Waals surface area contributed by atoms with Gasteiger partial charge in [0.2, 0.25) is 0 Å². The molecular formula is C11H26O6. The van der Waals surface area contributed by atoms with Crippen LogP contribution in [-0.2, 0) is 9.47 Å². The van der Waals surface area contributed by atoms with Gasteiger partial charge in [-0.25, -0.2) is 0 Å². The Labute approximate surface area is 103 Å². The molecule has 0 spiro atoms. The van der Waals surface area contributed by atoms with E-state index in [0.29, 0.717) is 13.2 Å². The fourth-order valence-corrected chi connectivity index (χ4v) is 0.704. The molecule has 0 amide bonds. The van der Waals surface area contributed by atoms with E-state index >= 15 is 0 Å². The summed E-state index contributed by atoms with van der Waals surface area (Å²) in [6.45, 7) is 5.85. The predicted octanol–water partition coefficient (Wildman–Crippen LogP) is -0.859. The summed E-state index contributed by atoms with van der Waals surface area (Å²) in [6, 6.07) is 0. The van der Waals surface area contributed by atoms with E-state index in [2.05, 4.69) is 0 Å².